The number of ether oxygens (including phenoxy) is 3. The number of carbonyl (C=O) groups excluding carboxylic acids is 1. The highest BCUT2D eigenvalue weighted by Gasteiger charge is 2.25. The molecule has 1 amide bonds. The van der Waals surface area contributed by atoms with Crippen molar-refractivity contribution in [2.45, 2.75) is 25.7 Å². The summed E-state index contributed by atoms with van der Waals surface area (Å²) in [5, 5.41) is 0. The molecule has 2 heterocycles. The van der Waals surface area contributed by atoms with E-state index in [0.29, 0.717) is 12.8 Å². The molecule has 2 aliphatic heterocycles. The molecule has 2 aliphatic rings. The summed E-state index contributed by atoms with van der Waals surface area (Å²) < 4.78 is 16.2. The maximum atomic E-state index is 12.9. The van der Waals surface area contributed by atoms with Gasteiger partial charge in [0.05, 0.1) is 12.8 Å². The molecule has 2 aromatic carbocycles. The lowest BCUT2D eigenvalue weighted by atomic mass is 10.00. The molecule has 130 valence electrons. The Bertz CT molecular complexity index is 788. The Kier molecular flexibility index (Phi) is 4.22. The number of aryl methyl sites for hydroxylation is 2. The quantitative estimate of drug-likeness (QED) is 0.857. The molecule has 0 fully saturated rings. The van der Waals surface area contributed by atoms with Gasteiger partial charge in [-0.2, -0.15) is 0 Å². The van der Waals surface area contributed by atoms with Crippen LogP contribution < -0.4 is 19.1 Å². The van der Waals surface area contributed by atoms with E-state index in [-0.39, 0.29) is 12.7 Å². The number of fused-ring (bicyclic) bond motifs is 2. The Morgan fingerprint density at radius 3 is 2.96 bits per heavy atom. The molecule has 0 saturated carbocycles. The molecule has 0 atom stereocenters. The van der Waals surface area contributed by atoms with Crippen molar-refractivity contribution in [3.8, 4) is 17.2 Å². The van der Waals surface area contributed by atoms with Gasteiger partial charge >= 0.3 is 0 Å². The minimum Gasteiger partial charge on any atom is -0.495 e. The monoisotopic (exact) mass is 339 g/mol. The summed E-state index contributed by atoms with van der Waals surface area (Å²) in [5.74, 6) is 2.43. The average molecular weight is 339 g/mol. The van der Waals surface area contributed by atoms with Gasteiger partial charge in [0.1, 0.15) is 5.75 Å². The van der Waals surface area contributed by atoms with Gasteiger partial charge in [-0.05, 0) is 48.6 Å². The van der Waals surface area contributed by atoms with E-state index in [0.717, 1.165) is 47.9 Å². The lowest BCUT2D eigenvalue weighted by Gasteiger charge is -2.31. The van der Waals surface area contributed by atoms with E-state index in [2.05, 4.69) is 6.07 Å². The Labute approximate surface area is 147 Å². The maximum Gasteiger partial charge on any atom is 0.231 e. The number of hydrogen-bond acceptors (Lipinski definition) is 4. The number of rotatable bonds is 4. The van der Waals surface area contributed by atoms with Crippen molar-refractivity contribution in [3.63, 3.8) is 0 Å². The Morgan fingerprint density at radius 1 is 1.20 bits per heavy atom. The van der Waals surface area contributed by atoms with Crippen LogP contribution in [0.1, 0.15) is 24.0 Å². The lowest BCUT2D eigenvalue weighted by molar-refractivity contribution is -0.118. The summed E-state index contributed by atoms with van der Waals surface area (Å²) in [6, 6.07) is 11.8. The number of amides is 1. The van der Waals surface area contributed by atoms with Gasteiger partial charge in [0, 0.05) is 13.0 Å². The topological polar surface area (TPSA) is 48.0 Å². The first-order chi connectivity index (χ1) is 12.3. The molecule has 0 aromatic heterocycles. The van der Waals surface area contributed by atoms with Crippen LogP contribution in [-0.4, -0.2) is 26.4 Å². The Balaban J connectivity index is 1.49. The van der Waals surface area contributed by atoms with Gasteiger partial charge in [0.15, 0.2) is 11.5 Å². The van der Waals surface area contributed by atoms with E-state index < -0.39 is 0 Å². The number of methoxy groups -OCH3 is 1. The number of hydrogen-bond donors (Lipinski definition) is 0. The van der Waals surface area contributed by atoms with Crippen LogP contribution in [0.25, 0.3) is 0 Å². The highest BCUT2D eigenvalue weighted by molar-refractivity contribution is 5.96. The van der Waals surface area contributed by atoms with Crippen molar-refractivity contribution in [3.05, 3.63) is 47.5 Å². The predicted octanol–water partition coefficient (Wildman–Crippen LogP) is 3.34. The van der Waals surface area contributed by atoms with Crippen LogP contribution in [-0.2, 0) is 17.6 Å². The average Bonchev–Trinajstić information content (AvgIpc) is 3.12. The van der Waals surface area contributed by atoms with Gasteiger partial charge in [-0.3, -0.25) is 4.79 Å². The van der Waals surface area contributed by atoms with E-state index in [4.69, 9.17) is 14.2 Å². The lowest BCUT2D eigenvalue weighted by Crippen LogP contribution is -2.35. The van der Waals surface area contributed by atoms with Crippen molar-refractivity contribution in [1.29, 1.82) is 0 Å². The first-order valence-electron chi connectivity index (χ1n) is 8.61. The zero-order valence-corrected chi connectivity index (χ0v) is 14.3. The van der Waals surface area contributed by atoms with Crippen molar-refractivity contribution in [2.24, 2.45) is 0 Å². The molecule has 4 rings (SSSR count). The minimum atomic E-state index is 0.128. The molecule has 0 bridgehead atoms. The smallest absolute Gasteiger partial charge is 0.231 e. The predicted molar refractivity (Wildman–Crippen MR) is 94.6 cm³/mol. The summed E-state index contributed by atoms with van der Waals surface area (Å²) in [6.07, 6.45) is 3.10. The van der Waals surface area contributed by atoms with Crippen molar-refractivity contribution >= 4 is 11.6 Å². The highest BCUT2D eigenvalue weighted by atomic mass is 16.7. The van der Waals surface area contributed by atoms with Crippen LogP contribution in [0.5, 0.6) is 17.2 Å². The second kappa shape index (κ2) is 6.67. The number of anilines is 1. The van der Waals surface area contributed by atoms with E-state index in [9.17, 15) is 4.79 Å². The first kappa shape index (κ1) is 15.8. The number of benzene rings is 2. The van der Waals surface area contributed by atoms with Gasteiger partial charge < -0.3 is 19.1 Å². The van der Waals surface area contributed by atoms with Crippen LogP contribution in [0.15, 0.2) is 36.4 Å². The second-order valence-electron chi connectivity index (χ2n) is 6.30. The number of para-hydroxylation sites is 1. The molecule has 5 nitrogen and oxygen atoms in total. The fraction of sp³-hybridized carbons (Fsp3) is 0.350. The van der Waals surface area contributed by atoms with Gasteiger partial charge in [-0.15, -0.1) is 0 Å². The molecule has 5 heteroatoms. The SMILES string of the molecule is COc1cccc2c1N(C(=O)CCc1ccc3c(c1)OCO3)CCC2. The fourth-order valence-corrected chi connectivity index (χ4v) is 3.51. The van der Waals surface area contributed by atoms with Crippen molar-refractivity contribution in [2.75, 3.05) is 25.3 Å². The molecule has 0 radical (unpaired) electrons. The maximum absolute atomic E-state index is 12.9. The number of nitrogens with zero attached hydrogens (tertiary/aromatic N) is 1. The van der Waals surface area contributed by atoms with Crippen LogP contribution in [0.2, 0.25) is 0 Å². The molecule has 0 unspecified atom stereocenters. The van der Waals surface area contributed by atoms with Crippen LogP contribution in [0, 0.1) is 0 Å². The van der Waals surface area contributed by atoms with Crippen molar-refractivity contribution < 1.29 is 19.0 Å². The molecule has 0 N–H and O–H groups in total. The molecular weight excluding hydrogens is 318 g/mol. The van der Waals surface area contributed by atoms with E-state index >= 15 is 0 Å². The molecular formula is C20H21NO4. The molecule has 25 heavy (non-hydrogen) atoms. The molecule has 0 saturated heterocycles. The fourth-order valence-electron chi connectivity index (χ4n) is 3.51. The van der Waals surface area contributed by atoms with E-state index in [1.54, 1.807) is 7.11 Å². The van der Waals surface area contributed by atoms with Crippen LogP contribution in [0.4, 0.5) is 5.69 Å². The van der Waals surface area contributed by atoms with Gasteiger partial charge in [-0.25, -0.2) is 0 Å². The van der Waals surface area contributed by atoms with Crippen LogP contribution in [0.3, 0.4) is 0 Å². The summed E-state index contributed by atoms with van der Waals surface area (Å²) in [4.78, 5) is 14.7. The largest absolute Gasteiger partial charge is 0.495 e. The zero-order valence-electron chi connectivity index (χ0n) is 14.3. The third-order valence-electron chi connectivity index (χ3n) is 4.77. The van der Waals surface area contributed by atoms with Crippen molar-refractivity contribution in [1.82, 2.24) is 0 Å². The summed E-state index contributed by atoms with van der Waals surface area (Å²) in [7, 11) is 1.65. The standard InChI is InChI=1S/C20H21NO4/c1-23-17-6-2-4-15-5-3-11-21(20(15)17)19(22)10-8-14-7-9-16-18(12-14)25-13-24-16/h2,4,6-7,9,12H,3,5,8,10-11,13H2,1H3. The van der Waals surface area contributed by atoms with E-state index in [1.807, 2.05) is 35.2 Å². The van der Waals surface area contributed by atoms with Gasteiger partial charge in [0.2, 0.25) is 12.7 Å². The van der Waals surface area contributed by atoms with Crippen LogP contribution >= 0.6 is 0 Å². The summed E-state index contributed by atoms with van der Waals surface area (Å²) in [6.45, 7) is 1.01. The zero-order chi connectivity index (χ0) is 17.2. The minimum absolute atomic E-state index is 0.128. The summed E-state index contributed by atoms with van der Waals surface area (Å²) in [5.41, 5.74) is 3.20. The molecule has 0 aliphatic carbocycles. The Morgan fingerprint density at radius 2 is 2.08 bits per heavy atom. The van der Waals surface area contributed by atoms with Gasteiger partial charge in [0.25, 0.3) is 0 Å². The number of carbonyl (C=O) groups is 1. The highest BCUT2D eigenvalue weighted by Crippen LogP contribution is 2.37. The van der Waals surface area contributed by atoms with E-state index in [1.165, 1.54) is 5.56 Å². The first-order valence-corrected chi connectivity index (χ1v) is 8.61. The Hall–Kier alpha value is -2.69. The summed E-state index contributed by atoms with van der Waals surface area (Å²) >= 11 is 0. The third-order valence-corrected chi connectivity index (χ3v) is 4.77. The second-order valence-corrected chi connectivity index (χ2v) is 6.30. The van der Waals surface area contributed by atoms with Gasteiger partial charge in [-0.1, -0.05) is 18.2 Å². The third kappa shape index (κ3) is 3.02. The molecule has 2 aromatic rings. The normalized spacial score (nSPS) is 15.0. The molecule has 0 spiro atoms.